The van der Waals surface area contributed by atoms with Crippen LogP contribution in [0.5, 0.6) is 0 Å². The van der Waals surface area contributed by atoms with Crippen LogP contribution in [0.1, 0.15) is 20.3 Å². The molecule has 1 heterocycles. The summed E-state index contributed by atoms with van der Waals surface area (Å²) in [6.07, 6.45) is 1.32. The highest BCUT2D eigenvalue weighted by atomic mass is 16.5. The van der Waals surface area contributed by atoms with Gasteiger partial charge in [0.25, 0.3) is 0 Å². The highest BCUT2D eigenvalue weighted by Gasteiger charge is 2.22. The van der Waals surface area contributed by atoms with Crippen molar-refractivity contribution in [3.63, 3.8) is 0 Å². The van der Waals surface area contributed by atoms with Crippen LogP contribution in [0.15, 0.2) is 0 Å². The summed E-state index contributed by atoms with van der Waals surface area (Å²) >= 11 is 0. The van der Waals surface area contributed by atoms with Crippen molar-refractivity contribution < 1.29 is 4.74 Å². The molecule has 0 bridgehead atoms. The first-order valence-corrected chi connectivity index (χ1v) is 5.71. The minimum Gasteiger partial charge on any atom is -0.383 e. The Bertz CT molecular complexity index is 152. The summed E-state index contributed by atoms with van der Waals surface area (Å²) in [5, 5.41) is 3.49. The van der Waals surface area contributed by atoms with Crippen LogP contribution in [-0.4, -0.2) is 50.8 Å². The number of nitrogens with one attached hydrogen (secondary N) is 1. The van der Waals surface area contributed by atoms with Crippen molar-refractivity contribution in [1.82, 2.24) is 10.2 Å². The van der Waals surface area contributed by atoms with Crippen LogP contribution in [0.2, 0.25) is 0 Å². The van der Waals surface area contributed by atoms with Crippen LogP contribution in [0, 0.1) is 5.92 Å². The molecule has 1 fully saturated rings. The fourth-order valence-corrected chi connectivity index (χ4v) is 2.21. The average molecular weight is 200 g/mol. The molecule has 0 radical (unpaired) electrons. The third-order valence-corrected chi connectivity index (χ3v) is 3.05. The van der Waals surface area contributed by atoms with Gasteiger partial charge < -0.3 is 10.1 Å². The van der Waals surface area contributed by atoms with Gasteiger partial charge in [-0.2, -0.15) is 0 Å². The lowest BCUT2D eigenvalue weighted by Crippen LogP contribution is -2.49. The minimum atomic E-state index is 0.707. The number of ether oxygens (including phenoxy) is 1. The number of likely N-dealkylation sites (N-methyl/N-ethyl adjacent to an activating group) is 1. The molecule has 3 nitrogen and oxygen atoms in total. The van der Waals surface area contributed by atoms with Crippen molar-refractivity contribution in [2.24, 2.45) is 5.92 Å². The van der Waals surface area contributed by atoms with E-state index in [0.29, 0.717) is 6.04 Å². The van der Waals surface area contributed by atoms with E-state index >= 15 is 0 Å². The quantitative estimate of drug-likeness (QED) is 0.715. The molecule has 1 aliphatic heterocycles. The number of piperidine rings is 1. The molecule has 0 amide bonds. The van der Waals surface area contributed by atoms with Gasteiger partial charge in [0.05, 0.1) is 6.61 Å². The van der Waals surface area contributed by atoms with E-state index in [0.717, 1.165) is 32.2 Å². The lowest BCUT2D eigenvalue weighted by molar-refractivity contribution is 0.102. The van der Waals surface area contributed by atoms with Gasteiger partial charge in [-0.15, -0.1) is 0 Å². The van der Waals surface area contributed by atoms with Crippen LogP contribution in [0.25, 0.3) is 0 Å². The van der Waals surface area contributed by atoms with Crippen molar-refractivity contribution in [2.45, 2.75) is 26.3 Å². The zero-order chi connectivity index (χ0) is 10.4. The van der Waals surface area contributed by atoms with E-state index in [9.17, 15) is 0 Å². The van der Waals surface area contributed by atoms with E-state index in [4.69, 9.17) is 4.74 Å². The molecular weight excluding hydrogens is 176 g/mol. The summed E-state index contributed by atoms with van der Waals surface area (Å²) in [5.41, 5.74) is 0. The van der Waals surface area contributed by atoms with Crippen LogP contribution in [0.3, 0.4) is 0 Å². The van der Waals surface area contributed by atoms with Crippen LogP contribution in [-0.2, 0) is 4.74 Å². The molecule has 0 aromatic carbocycles. The van der Waals surface area contributed by atoms with E-state index in [1.807, 2.05) is 0 Å². The van der Waals surface area contributed by atoms with E-state index < -0.39 is 0 Å². The van der Waals surface area contributed by atoms with Gasteiger partial charge in [0.2, 0.25) is 0 Å². The summed E-state index contributed by atoms with van der Waals surface area (Å²) in [5.74, 6) is 0.811. The van der Waals surface area contributed by atoms with E-state index in [-0.39, 0.29) is 0 Å². The van der Waals surface area contributed by atoms with Gasteiger partial charge in [-0.1, -0.05) is 13.8 Å². The summed E-state index contributed by atoms with van der Waals surface area (Å²) in [4.78, 5) is 2.52. The lowest BCUT2D eigenvalue weighted by atomic mass is 9.96. The normalized spacial score (nSPS) is 28.3. The average Bonchev–Trinajstić information content (AvgIpc) is 2.19. The molecule has 84 valence electrons. The van der Waals surface area contributed by atoms with Crippen molar-refractivity contribution in [2.75, 3.05) is 39.9 Å². The monoisotopic (exact) mass is 200 g/mol. The van der Waals surface area contributed by atoms with Crippen molar-refractivity contribution in [3.8, 4) is 0 Å². The standard InChI is InChI=1S/C11H24N2O/c1-4-13(5-6-14-3)11-7-10(2)8-12-9-11/h10-12H,4-9H2,1-3H3. The fourth-order valence-electron chi connectivity index (χ4n) is 2.21. The van der Waals surface area contributed by atoms with Crippen molar-refractivity contribution >= 4 is 0 Å². The first-order valence-electron chi connectivity index (χ1n) is 5.71. The molecular formula is C11H24N2O. The van der Waals surface area contributed by atoms with Gasteiger partial charge in [0.1, 0.15) is 0 Å². The van der Waals surface area contributed by atoms with E-state index in [1.165, 1.54) is 13.0 Å². The molecule has 3 heteroatoms. The minimum absolute atomic E-state index is 0.707. The van der Waals surface area contributed by atoms with Gasteiger partial charge in [-0.3, -0.25) is 4.90 Å². The fraction of sp³-hybridized carbons (Fsp3) is 1.00. The molecule has 0 aliphatic carbocycles. The maximum Gasteiger partial charge on any atom is 0.0589 e. The van der Waals surface area contributed by atoms with E-state index in [1.54, 1.807) is 7.11 Å². The summed E-state index contributed by atoms with van der Waals surface area (Å²) in [6, 6.07) is 0.707. The smallest absolute Gasteiger partial charge is 0.0589 e. The Balaban J connectivity index is 2.34. The Morgan fingerprint density at radius 1 is 1.43 bits per heavy atom. The number of nitrogens with zero attached hydrogens (tertiary/aromatic N) is 1. The van der Waals surface area contributed by atoms with E-state index in [2.05, 4.69) is 24.1 Å². The van der Waals surface area contributed by atoms with Gasteiger partial charge >= 0.3 is 0 Å². The lowest BCUT2D eigenvalue weighted by Gasteiger charge is -2.36. The molecule has 2 atom stereocenters. The molecule has 0 saturated carbocycles. The zero-order valence-corrected chi connectivity index (χ0v) is 9.75. The second-order valence-electron chi connectivity index (χ2n) is 4.27. The molecule has 0 aromatic rings. The topological polar surface area (TPSA) is 24.5 Å². The van der Waals surface area contributed by atoms with Crippen LogP contribution < -0.4 is 5.32 Å². The number of rotatable bonds is 5. The Morgan fingerprint density at radius 2 is 2.21 bits per heavy atom. The number of hydrogen-bond acceptors (Lipinski definition) is 3. The Morgan fingerprint density at radius 3 is 2.79 bits per heavy atom. The zero-order valence-electron chi connectivity index (χ0n) is 9.75. The first kappa shape index (κ1) is 12.0. The van der Waals surface area contributed by atoms with Crippen LogP contribution in [0.4, 0.5) is 0 Å². The largest absolute Gasteiger partial charge is 0.383 e. The third-order valence-electron chi connectivity index (χ3n) is 3.05. The maximum atomic E-state index is 5.13. The molecule has 1 aliphatic rings. The molecule has 14 heavy (non-hydrogen) atoms. The van der Waals surface area contributed by atoms with Gasteiger partial charge in [-0.25, -0.2) is 0 Å². The predicted octanol–water partition coefficient (Wildman–Crippen LogP) is 0.953. The first-order chi connectivity index (χ1) is 6.77. The van der Waals surface area contributed by atoms with Crippen molar-refractivity contribution in [1.29, 1.82) is 0 Å². The summed E-state index contributed by atoms with van der Waals surface area (Å²) in [6.45, 7) is 9.91. The van der Waals surface area contributed by atoms with Crippen LogP contribution >= 0.6 is 0 Å². The third kappa shape index (κ3) is 3.56. The Kier molecular flexibility index (Phi) is 5.45. The summed E-state index contributed by atoms with van der Waals surface area (Å²) in [7, 11) is 1.77. The highest BCUT2D eigenvalue weighted by Crippen LogP contribution is 2.14. The number of methoxy groups -OCH3 is 1. The Hall–Kier alpha value is -0.120. The van der Waals surface area contributed by atoms with Gasteiger partial charge in [-0.05, 0) is 25.4 Å². The number of hydrogen-bond donors (Lipinski definition) is 1. The Labute approximate surface area is 87.8 Å². The second kappa shape index (κ2) is 6.38. The molecule has 0 spiro atoms. The molecule has 2 unspecified atom stereocenters. The van der Waals surface area contributed by atoms with Gasteiger partial charge in [0.15, 0.2) is 0 Å². The maximum absolute atomic E-state index is 5.13. The van der Waals surface area contributed by atoms with Gasteiger partial charge in [0, 0.05) is 26.2 Å². The highest BCUT2D eigenvalue weighted by molar-refractivity contribution is 4.80. The molecule has 1 saturated heterocycles. The molecule has 1 rings (SSSR count). The second-order valence-corrected chi connectivity index (χ2v) is 4.27. The molecule has 1 N–H and O–H groups in total. The molecule has 0 aromatic heterocycles. The summed E-state index contributed by atoms with van der Waals surface area (Å²) < 4.78 is 5.13. The van der Waals surface area contributed by atoms with Crippen molar-refractivity contribution in [3.05, 3.63) is 0 Å². The SMILES string of the molecule is CCN(CCOC)C1CNCC(C)C1. The predicted molar refractivity (Wildman–Crippen MR) is 59.6 cm³/mol.